The zero-order valence-corrected chi connectivity index (χ0v) is 28.8. The van der Waals surface area contributed by atoms with Gasteiger partial charge in [0.25, 0.3) is 0 Å². The van der Waals surface area contributed by atoms with Gasteiger partial charge in [-0.25, -0.2) is 29.5 Å². The average molecular weight is 659 g/mol. The molecule has 12 nitrogen and oxygen atoms in total. The van der Waals surface area contributed by atoms with Gasteiger partial charge in [-0.2, -0.15) is 0 Å². The lowest BCUT2D eigenvalue weighted by molar-refractivity contribution is 0.0523. The van der Waals surface area contributed by atoms with Crippen LogP contribution in [0.15, 0.2) is 36.4 Å². The number of hydrogen-bond acceptors (Lipinski definition) is 11. The van der Waals surface area contributed by atoms with Gasteiger partial charge >= 0.3 is 11.9 Å². The number of ether oxygens (including phenoxy) is 1. The van der Waals surface area contributed by atoms with Crippen molar-refractivity contribution in [2.75, 3.05) is 30.3 Å². The van der Waals surface area contributed by atoms with E-state index in [9.17, 15) is 19.8 Å². The number of anilines is 2. The zero-order valence-electron chi connectivity index (χ0n) is 28.8. The second-order valence-electron chi connectivity index (χ2n) is 11.5. The number of phenols is 2. The summed E-state index contributed by atoms with van der Waals surface area (Å²) in [5.41, 5.74) is 6.63. The number of aryl methyl sites for hydroxylation is 8. The van der Waals surface area contributed by atoms with Crippen LogP contribution in [0.5, 0.6) is 11.5 Å². The zero-order chi connectivity index (χ0) is 35.4. The van der Waals surface area contributed by atoms with Gasteiger partial charge < -0.3 is 30.7 Å². The third-order valence-electron chi connectivity index (χ3n) is 7.63. The lowest BCUT2D eigenvalue weighted by atomic mass is 10.1. The summed E-state index contributed by atoms with van der Waals surface area (Å²) in [5, 5.41) is 34.8. The number of aromatic carboxylic acids is 1. The van der Waals surface area contributed by atoms with Gasteiger partial charge in [0.05, 0.1) is 29.4 Å². The van der Waals surface area contributed by atoms with Crippen LogP contribution in [0.25, 0.3) is 0 Å². The summed E-state index contributed by atoms with van der Waals surface area (Å²) < 4.78 is 5.04. The second kappa shape index (κ2) is 17.6. The molecule has 0 radical (unpaired) electrons. The highest BCUT2D eigenvalue weighted by Crippen LogP contribution is 2.20. The van der Waals surface area contributed by atoms with Crippen LogP contribution in [0.1, 0.15) is 85.5 Å². The molecule has 0 saturated carbocycles. The second-order valence-corrected chi connectivity index (χ2v) is 11.5. The minimum absolute atomic E-state index is 0.158. The Labute approximate surface area is 281 Å². The van der Waals surface area contributed by atoms with E-state index in [1.165, 1.54) is 0 Å². The number of hydrogen-bond donors (Lipinski definition) is 5. The Morgan fingerprint density at radius 2 is 1.06 bits per heavy atom. The largest absolute Gasteiger partial charge is 0.508 e. The number of aromatic hydroxyl groups is 2. The van der Waals surface area contributed by atoms with E-state index in [2.05, 4.69) is 30.6 Å². The Hall–Kier alpha value is -5.26. The summed E-state index contributed by atoms with van der Waals surface area (Å²) in [6, 6.07) is 11.4. The summed E-state index contributed by atoms with van der Waals surface area (Å²) in [6.45, 7) is 14.1. The minimum Gasteiger partial charge on any atom is -0.508 e. The van der Waals surface area contributed by atoms with Crippen LogP contribution in [0.2, 0.25) is 0 Å². The van der Waals surface area contributed by atoms with Crippen molar-refractivity contribution in [3.63, 3.8) is 0 Å². The molecular formula is C36H46N6O6. The third kappa shape index (κ3) is 10.6. The summed E-state index contributed by atoms with van der Waals surface area (Å²) in [4.78, 5) is 40.1. The van der Waals surface area contributed by atoms with Crippen LogP contribution in [0, 0.1) is 41.5 Å². The monoisotopic (exact) mass is 658 g/mol. The van der Waals surface area contributed by atoms with Crippen LogP contribution in [0.4, 0.5) is 11.9 Å². The van der Waals surface area contributed by atoms with Crippen molar-refractivity contribution in [3.8, 4) is 11.5 Å². The Morgan fingerprint density at radius 1 is 0.667 bits per heavy atom. The summed E-state index contributed by atoms with van der Waals surface area (Å²) >= 11 is 0. The van der Waals surface area contributed by atoms with E-state index < -0.39 is 5.97 Å². The number of carboxylic acid groups (broad SMARTS) is 1. The number of nitrogens with one attached hydrogen (secondary N) is 2. The van der Waals surface area contributed by atoms with E-state index in [1.807, 2.05) is 38.1 Å². The van der Waals surface area contributed by atoms with Gasteiger partial charge in [-0.05, 0) is 109 Å². The van der Waals surface area contributed by atoms with Crippen LogP contribution in [-0.4, -0.2) is 66.9 Å². The fourth-order valence-electron chi connectivity index (χ4n) is 5.01. The number of benzene rings is 2. The fourth-order valence-corrected chi connectivity index (χ4v) is 5.01. The molecule has 0 aliphatic heterocycles. The quantitative estimate of drug-likeness (QED) is 0.0815. The highest BCUT2D eigenvalue weighted by atomic mass is 16.5. The number of esters is 1. The number of aromatic nitrogens is 4. The van der Waals surface area contributed by atoms with Crippen molar-refractivity contribution >= 4 is 23.8 Å². The Morgan fingerprint density at radius 3 is 1.42 bits per heavy atom. The standard InChI is InChI=1S/C19H25N3O3.C17H21N3O3/c1-5-25-18(24)17-13(3)21-19(22-14(17)4)20-10-6-7-15-9-8-12(2)16(23)11-15;1-10-6-7-13(9-14(10)21)5-4-8-18-17-19-11(2)15(16(22)23)12(3)20-17/h8-9,11,23H,5-7,10H2,1-4H3,(H,20,21,22);6-7,9,21H,4-5,8H2,1-3H3,(H,22,23)(H,18,19,20). The average Bonchev–Trinajstić information content (AvgIpc) is 3.00. The SMILES string of the molecule is CCOC(=O)c1c(C)nc(NCCCc2ccc(C)c(O)c2)nc1C.Cc1ccc(CCCNc2nc(C)c(C(=O)O)c(C)n2)cc1O. The van der Waals surface area contributed by atoms with E-state index in [0.717, 1.165) is 47.9 Å². The highest BCUT2D eigenvalue weighted by molar-refractivity contribution is 5.92. The lowest BCUT2D eigenvalue weighted by Crippen LogP contribution is -2.14. The third-order valence-corrected chi connectivity index (χ3v) is 7.63. The van der Waals surface area contributed by atoms with Gasteiger partial charge in [-0.1, -0.05) is 24.3 Å². The maximum atomic E-state index is 11.9. The minimum atomic E-state index is -1.01. The molecule has 2 heterocycles. The Balaban J connectivity index is 0.000000261. The molecule has 2 aromatic carbocycles. The number of nitrogens with zero attached hydrogens (tertiary/aromatic N) is 4. The molecule has 0 atom stereocenters. The van der Waals surface area contributed by atoms with Crippen molar-refractivity contribution in [1.82, 2.24) is 19.9 Å². The first-order chi connectivity index (χ1) is 22.8. The molecule has 0 aliphatic carbocycles. The van der Waals surface area contributed by atoms with Crippen molar-refractivity contribution in [2.45, 2.75) is 74.1 Å². The Kier molecular flexibility index (Phi) is 13.6. The topological polar surface area (TPSA) is 180 Å². The van der Waals surface area contributed by atoms with E-state index in [4.69, 9.17) is 9.84 Å². The number of carbonyl (C=O) groups excluding carboxylic acids is 1. The molecular weight excluding hydrogens is 612 g/mol. The summed E-state index contributed by atoms with van der Waals surface area (Å²) in [5.74, 6) is 0.199. The van der Waals surface area contributed by atoms with Crippen molar-refractivity contribution < 1.29 is 29.6 Å². The van der Waals surface area contributed by atoms with E-state index in [-0.39, 0.29) is 11.5 Å². The first kappa shape index (κ1) is 37.2. The van der Waals surface area contributed by atoms with Gasteiger partial charge in [0.2, 0.25) is 11.9 Å². The summed E-state index contributed by atoms with van der Waals surface area (Å²) in [7, 11) is 0. The maximum Gasteiger partial charge on any atom is 0.341 e. The molecule has 4 rings (SSSR count). The van der Waals surface area contributed by atoms with Gasteiger partial charge in [-0.15, -0.1) is 0 Å². The molecule has 2 aromatic heterocycles. The summed E-state index contributed by atoms with van der Waals surface area (Å²) in [6.07, 6.45) is 3.40. The predicted molar refractivity (Wildman–Crippen MR) is 185 cm³/mol. The molecule has 12 heteroatoms. The van der Waals surface area contributed by atoms with Gasteiger partial charge in [-0.3, -0.25) is 0 Å². The molecule has 0 amide bonds. The molecule has 0 fully saturated rings. The predicted octanol–water partition coefficient (Wildman–Crippen LogP) is 6.18. The number of carbonyl (C=O) groups is 2. The highest BCUT2D eigenvalue weighted by Gasteiger charge is 2.17. The van der Waals surface area contributed by atoms with Crippen LogP contribution in [-0.2, 0) is 17.6 Å². The Bertz CT molecular complexity index is 1700. The molecule has 5 N–H and O–H groups in total. The normalized spacial score (nSPS) is 10.6. The number of rotatable bonds is 13. The first-order valence-electron chi connectivity index (χ1n) is 16.0. The van der Waals surface area contributed by atoms with Crippen molar-refractivity contribution in [1.29, 1.82) is 0 Å². The van der Waals surface area contributed by atoms with Crippen LogP contribution in [0.3, 0.4) is 0 Å². The molecule has 0 spiro atoms. The number of phenolic OH excluding ortho intramolecular Hbond substituents is 2. The van der Waals surface area contributed by atoms with Crippen molar-refractivity contribution in [3.05, 3.63) is 92.6 Å². The number of carboxylic acids is 1. The molecule has 0 bridgehead atoms. The maximum absolute atomic E-state index is 11.9. The van der Waals surface area contributed by atoms with E-state index >= 15 is 0 Å². The molecule has 256 valence electrons. The molecule has 48 heavy (non-hydrogen) atoms. The van der Waals surface area contributed by atoms with E-state index in [1.54, 1.807) is 46.8 Å². The lowest BCUT2D eigenvalue weighted by Gasteiger charge is -2.11. The van der Waals surface area contributed by atoms with Gasteiger partial charge in [0, 0.05) is 13.1 Å². The van der Waals surface area contributed by atoms with Gasteiger partial charge in [0.1, 0.15) is 22.6 Å². The first-order valence-corrected chi connectivity index (χ1v) is 16.0. The fraction of sp³-hybridized carbons (Fsp3) is 0.389. The smallest absolute Gasteiger partial charge is 0.341 e. The molecule has 0 unspecified atom stereocenters. The van der Waals surface area contributed by atoms with Gasteiger partial charge in [0.15, 0.2) is 0 Å². The molecule has 0 aliphatic rings. The van der Waals surface area contributed by atoms with Crippen molar-refractivity contribution in [2.24, 2.45) is 0 Å². The molecule has 0 saturated heterocycles. The molecule has 4 aromatic rings. The van der Waals surface area contributed by atoms with Crippen LogP contribution < -0.4 is 10.6 Å². The van der Waals surface area contributed by atoms with Crippen LogP contribution >= 0.6 is 0 Å². The van der Waals surface area contributed by atoms with E-state index in [0.29, 0.717) is 71.4 Å².